The van der Waals surface area contributed by atoms with Crippen molar-refractivity contribution in [1.82, 2.24) is 14.9 Å². The fourth-order valence-corrected chi connectivity index (χ4v) is 2.96. The van der Waals surface area contributed by atoms with E-state index >= 15 is 0 Å². The number of hydrogen-bond donors (Lipinski definition) is 2. The molecule has 3 rings (SSSR count). The predicted octanol–water partition coefficient (Wildman–Crippen LogP) is 2.76. The van der Waals surface area contributed by atoms with Gasteiger partial charge in [0.05, 0.1) is 22.5 Å². The summed E-state index contributed by atoms with van der Waals surface area (Å²) in [5.41, 5.74) is 3.46. The highest BCUT2D eigenvalue weighted by Gasteiger charge is 2.18. The summed E-state index contributed by atoms with van der Waals surface area (Å²) in [7, 11) is 3.40. The highest BCUT2D eigenvalue weighted by Crippen LogP contribution is 2.27. The Bertz CT molecular complexity index is 1010. The zero-order chi connectivity index (χ0) is 18.8. The van der Waals surface area contributed by atoms with Gasteiger partial charge in [0.15, 0.2) is 0 Å². The molecule has 8 nitrogen and oxygen atoms in total. The molecule has 26 heavy (non-hydrogen) atoms. The van der Waals surface area contributed by atoms with E-state index in [-0.39, 0.29) is 17.2 Å². The van der Waals surface area contributed by atoms with E-state index < -0.39 is 4.92 Å². The maximum Gasteiger partial charge on any atom is 0.293 e. The molecule has 2 N–H and O–H groups in total. The molecular weight excluding hydrogens is 334 g/mol. The van der Waals surface area contributed by atoms with E-state index in [1.54, 1.807) is 6.07 Å². The van der Waals surface area contributed by atoms with Crippen molar-refractivity contribution in [3.05, 3.63) is 63.5 Å². The molecule has 0 aliphatic rings. The zero-order valence-electron chi connectivity index (χ0n) is 14.7. The predicted molar refractivity (Wildman–Crippen MR) is 99.3 cm³/mol. The maximum absolute atomic E-state index is 11.7. The summed E-state index contributed by atoms with van der Waals surface area (Å²) in [6.07, 6.45) is 0. The fraction of sp³-hybridized carbons (Fsp3) is 0.222. The standard InChI is InChI=1S/C18H19N5O3/c1-11-5-4-6-14-17(11)22(3)16(21-14)10-20-13-8-7-12(18(24)19-2)9-15(13)23(25)26/h4-9,20H,10H2,1-3H3,(H,19,24). The van der Waals surface area contributed by atoms with Gasteiger partial charge in [-0.3, -0.25) is 14.9 Å². The molecule has 0 unspecified atom stereocenters. The number of carbonyl (C=O) groups excluding carboxylic acids is 1. The summed E-state index contributed by atoms with van der Waals surface area (Å²) in [5.74, 6) is 0.393. The quantitative estimate of drug-likeness (QED) is 0.542. The Balaban J connectivity index is 1.90. The molecule has 1 aromatic heterocycles. The van der Waals surface area contributed by atoms with Gasteiger partial charge in [-0.15, -0.1) is 0 Å². The molecule has 1 amide bonds. The number of benzene rings is 2. The van der Waals surface area contributed by atoms with Crippen molar-refractivity contribution in [2.75, 3.05) is 12.4 Å². The third-order valence-electron chi connectivity index (χ3n) is 4.31. The van der Waals surface area contributed by atoms with Gasteiger partial charge in [0.25, 0.3) is 11.6 Å². The van der Waals surface area contributed by atoms with Crippen LogP contribution in [0.15, 0.2) is 36.4 Å². The monoisotopic (exact) mass is 353 g/mol. The van der Waals surface area contributed by atoms with Gasteiger partial charge in [0, 0.05) is 25.7 Å². The third kappa shape index (κ3) is 3.08. The second-order valence-electron chi connectivity index (χ2n) is 5.95. The lowest BCUT2D eigenvalue weighted by Gasteiger charge is -2.09. The van der Waals surface area contributed by atoms with Crippen LogP contribution in [0.5, 0.6) is 0 Å². The van der Waals surface area contributed by atoms with Crippen molar-refractivity contribution in [1.29, 1.82) is 0 Å². The average molecular weight is 353 g/mol. The van der Waals surface area contributed by atoms with Gasteiger partial charge in [-0.2, -0.15) is 0 Å². The van der Waals surface area contributed by atoms with E-state index in [9.17, 15) is 14.9 Å². The topological polar surface area (TPSA) is 102 Å². The van der Waals surface area contributed by atoms with E-state index in [1.165, 1.54) is 19.2 Å². The third-order valence-corrected chi connectivity index (χ3v) is 4.31. The van der Waals surface area contributed by atoms with Crippen LogP contribution in [0, 0.1) is 17.0 Å². The van der Waals surface area contributed by atoms with Gasteiger partial charge in [-0.25, -0.2) is 4.98 Å². The number of fused-ring (bicyclic) bond motifs is 1. The molecule has 1 heterocycles. The van der Waals surface area contributed by atoms with E-state index in [1.807, 2.05) is 36.7 Å². The summed E-state index contributed by atoms with van der Waals surface area (Å²) in [6.45, 7) is 2.34. The van der Waals surface area contributed by atoms with Crippen LogP contribution in [0.4, 0.5) is 11.4 Å². The summed E-state index contributed by atoms with van der Waals surface area (Å²) >= 11 is 0. The SMILES string of the molecule is CNC(=O)c1ccc(NCc2nc3cccc(C)c3n2C)c([N+](=O)[O-])c1. The Hall–Kier alpha value is -3.42. The first-order chi connectivity index (χ1) is 12.4. The van der Waals surface area contributed by atoms with Crippen molar-refractivity contribution < 1.29 is 9.72 Å². The lowest BCUT2D eigenvalue weighted by Crippen LogP contribution is -2.18. The van der Waals surface area contributed by atoms with Crippen LogP contribution in [0.1, 0.15) is 21.7 Å². The molecule has 8 heteroatoms. The molecule has 0 bridgehead atoms. The van der Waals surface area contributed by atoms with Gasteiger partial charge >= 0.3 is 0 Å². The molecule has 0 saturated carbocycles. The first-order valence-electron chi connectivity index (χ1n) is 8.07. The van der Waals surface area contributed by atoms with Gasteiger partial charge in [-0.1, -0.05) is 12.1 Å². The number of aromatic nitrogens is 2. The number of anilines is 1. The molecule has 3 aromatic rings. The summed E-state index contributed by atoms with van der Waals surface area (Å²) in [4.78, 5) is 27.1. The fourth-order valence-electron chi connectivity index (χ4n) is 2.96. The molecule has 0 aliphatic carbocycles. The summed E-state index contributed by atoms with van der Waals surface area (Å²) in [5, 5.41) is 16.9. The number of amides is 1. The van der Waals surface area contributed by atoms with Crippen LogP contribution in [0.2, 0.25) is 0 Å². The Morgan fingerprint density at radius 1 is 1.31 bits per heavy atom. The number of hydrogen-bond acceptors (Lipinski definition) is 5. The van der Waals surface area contributed by atoms with Crippen molar-refractivity contribution in [2.45, 2.75) is 13.5 Å². The molecular formula is C18H19N5O3. The second kappa shape index (κ2) is 6.83. The summed E-state index contributed by atoms with van der Waals surface area (Å²) in [6, 6.07) is 10.3. The van der Waals surface area contributed by atoms with Crippen molar-refractivity contribution in [3.63, 3.8) is 0 Å². The molecule has 0 saturated heterocycles. The van der Waals surface area contributed by atoms with Crippen LogP contribution in [0.3, 0.4) is 0 Å². The van der Waals surface area contributed by atoms with Gasteiger partial charge in [-0.05, 0) is 30.7 Å². The molecule has 2 aromatic carbocycles. The molecule has 0 spiro atoms. The number of rotatable bonds is 5. The molecule has 0 fully saturated rings. The van der Waals surface area contributed by atoms with Crippen LogP contribution in [-0.4, -0.2) is 27.4 Å². The van der Waals surface area contributed by atoms with Crippen LogP contribution >= 0.6 is 0 Å². The Morgan fingerprint density at radius 3 is 2.73 bits per heavy atom. The number of nitro benzene ring substituents is 1. The number of nitrogens with one attached hydrogen (secondary N) is 2. The number of para-hydroxylation sites is 1. The van der Waals surface area contributed by atoms with Gasteiger partial charge in [0.1, 0.15) is 11.5 Å². The minimum Gasteiger partial charge on any atom is -0.372 e. The molecule has 0 radical (unpaired) electrons. The first kappa shape index (κ1) is 17.4. The lowest BCUT2D eigenvalue weighted by molar-refractivity contribution is -0.384. The van der Waals surface area contributed by atoms with Gasteiger partial charge in [0.2, 0.25) is 0 Å². The lowest BCUT2D eigenvalue weighted by atomic mass is 10.1. The minimum atomic E-state index is -0.506. The highest BCUT2D eigenvalue weighted by atomic mass is 16.6. The van der Waals surface area contributed by atoms with Crippen molar-refractivity contribution >= 4 is 28.3 Å². The smallest absolute Gasteiger partial charge is 0.293 e. The average Bonchev–Trinajstić information content (AvgIpc) is 2.96. The number of carbonyl (C=O) groups is 1. The molecule has 134 valence electrons. The van der Waals surface area contributed by atoms with Crippen molar-refractivity contribution in [3.8, 4) is 0 Å². The van der Waals surface area contributed by atoms with Crippen LogP contribution < -0.4 is 10.6 Å². The molecule has 0 atom stereocenters. The number of nitrogens with zero attached hydrogens (tertiary/aromatic N) is 3. The van der Waals surface area contributed by atoms with E-state index in [0.717, 1.165) is 22.4 Å². The number of aryl methyl sites for hydroxylation is 2. The van der Waals surface area contributed by atoms with E-state index in [4.69, 9.17) is 0 Å². The van der Waals surface area contributed by atoms with Crippen molar-refractivity contribution in [2.24, 2.45) is 7.05 Å². The second-order valence-corrected chi connectivity index (χ2v) is 5.95. The Labute approximate surface area is 150 Å². The Morgan fingerprint density at radius 2 is 2.08 bits per heavy atom. The largest absolute Gasteiger partial charge is 0.372 e. The van der Waals surface area contributed by atoms with Crippen LogP contribution in [-0.2, 0) is 13.6 Å². The van der Waals surface area contributed by atoms with E-state index in [0.29, 0.717) is 12.2 Å². The van der Waals surface area contributed by atoms with Gasteiger partial charge < -0.3 is 15.2 Å². The number of imidazole rings is 1. The normalized spacial score (nSPS) is 10.7. The number of nitro groups is 1. The Kier molecular flexibility index (Phi) is 4.57. The minimum absolute atomic E-state index is 0.152. The molecule has 0 aliphatic heterocycles. The van der Waals surface area contributed by atoms with Crippen LogP contribution in [0.25, 0.3) is 11.0 Å². The zero-order valence-corrected chi connectivity index (χ0v) is 14.7. The highest BCUT2D eigenvalue weighted by molar-refractivity contribution is 5.95. The first-order valence-corrected chi connectivity index (χ1v) is 8.07. The summed E-state index contributed by atoms with van der Waals surface area (Å²) < 4.78 is 1.97. The maximum atomic E-state index is 11.7. The van der Waals surface area contributed by atoms with E-state index in [2.05, 4.69) is 15.6 Å².